The van der Waals surface area contributed by atoms with Crippen LogP contribution >= 0.6 is 15.9 Å². The van der Waals surface area contributed by atoms with Gasteiger partial charge in [-0.05, 0) is 39.5 Å². The molecule has 0 amide bonds. The van der Waals surface area contributed by atoms with Crippen LogP contribution in [0.25, 0.3) is 0 Å². The minimum atomic E-state index is -3.25. The zero-order valence-corrected chi connectivity index (χ0v) is 12.9. The van der Waals surface area contributed by atoms with Gasteiger partial charge in [0, 0.05) is 0 Å². The van der Waals surface area contributed by atoms with Crippen molar-refractivity contribution in [2.24, 2.45) is 5.41 Å². The average molecular weight is 321 g/mol. The van der Waals surface area contributed by atoms with Gasteiger partial charge < -0.3 is 4.74 Å². The lowest BCUT2D eigenvalue weighted by Gasteiger charge is -2.18. The van der Waals surface area contributed by atoms with E-state index in [2.05, 4.69) is 15.9 Å². The van der Waals surface area contributed by atoms with Crippen molar-refractivity contribution in [2.45, 2.75) is 25.7 Å². The van der Waals surface area contributed by atoms with Crippen LogP contribution in [0.15, 0.2) is 27.6 Å². The molecule has 17 heavy (non-hydrogen) atoms. The van der Waals surface area contributed by atoms with Gasteiger partial charge in [0.05, 0.1) is 22.2 Å². The van der Waals surface area contributed by atoms with Crippen LogP contribution in [0.5, 0.6) is 5.75 Å². The van der Waals surface area contributed by atoms with Crippen LogP contribution in [-0.4, -0.2) is 21.3 Å². The number of sulfone groups is 1. The summed E-state index contributed by atoms with van der Waals surface area (Å²) < 4.78 is 30.0. The monoisotopic (exact) mass is 320 g/mol. The molecule has 1 aromatic carbocycles. The first-order valence-electron chi connectivity index (χ1n) is 5.22. The Balaban J connectivity index is 3.13. The zero-order chi connectivity index (χ0) is 13.3. The summed E-state index contributed by atoms with van der Waals surface area (Å²) in [6, 6.07) is 4.81. The van der Waals surface area contributed by atoms with E-state index in [1.54, 1.807) is 25.3 Å². The Morgan fingerprint density at radius 1 is 1.29 bits per heavy atom. The topological polar surface area (TPSA) is 43.4 Å². The maximum absolute atomic E-state index is 12.1. The lowest BCUT2D eigenvalue weighted by molar-refractivity contribution is 0.411. The van der Waals surface area contributed by atoms with Crippen LogP contribution in [-0.2, 0) is 9.84 Å². The highest BCUT2D eigenvalue weighted by Gasteiger charge is 2.24. The van der Waals surface area contributed by atoms with Crippen LogP contribution < -0.4 is 4.74 Å². The first-order valence-corrected chi connectivity index (χ1v) is 7.66. The van der Waals surface area contributed by atoms with Gasteiger partial charge in [-0.15, -0.1) is 0 Å². The van der Waals surface area contributed by atoms with Crippen molar-refractivity contribution < 1.29 is 13.2 Å². The molecule has 1 rings (SSSR count). The van der Waals surface area contributed by atoms with Gasteiger partial charge in [-0.25, -0.2) is 8.42 Å². The second-order valence-corrected chi connectivity index (χ2v) is 7.96. The number of hydrogen-bond acceptors (Lipinski definition) is 3. The van der Waals surface area contributed by atoms with Crippen LogP contribution in [0.4, 0.5) is 0 Å². The van der Waals surface area contributed by atoms with Crippen LogP contribution in [0.1, 0.15) is 20.8 Å². The maximum Gasteiger partial charge on any atom is 0.178 e. The normalized spacial score (nSPS) is 12.5. The molecule has 0 saturated carbocycles. The molecule has 0 aliphatic rings. The lowest BCUT2D eigenvalue weighted by Crippen LogP contribution is -2.20. The molecule has 1 aromatic rings. The number of benzene rings is 1. The molecule has 0 bridgehead atoms. The summed E-state index contributed by atoms with van der Waals surface area (Å²) in [5, 5.41) is 0. The predicted molar refractivity (Wildman–Crippen MR) is 72.2 cm³/mol. The van der Waals surface area contributed by atoms with E-state index < -0.39 is 9.84 Å². The van der Waals surface area contributed by atoms with E-state index >= 15 is 0 Å². The molecular weight excluding hydrogens is 304 g/mol. The smallest absolute Gasteiger partial charge is 0.178 e. The summed E-state index contributed by atoms with van der Waals surface area (Å²) in [4.78, 5) is 0.320. The molecule has 5 heteroatoms. The predicted octanol–water partition coefficient (Wildman–Crippen LogP) is 3.28. The van der Waals surface area contributed by atoms with Crippen molar-refractivity contribution in [3.8, 4) is 5.75 Å². The van der Waals surface area contributed by atoms with Gasteiger partial charge in [0.15, 0.2) is 9.84 Å². The molecule has 0 aromatic heterocycles. The molecule has 0 saturated heterocycles. The van der Waals surface area contributed by atoms with Crippen molar-refractivity contribution in [1.29, 1.82) is 0 Å². The number of methoxy groups -OCH3 is 1. The molecular formula is C12H17BrO3S. The maximum atomic E-state index is 12.1. The molecule has 0 N–H and O–H groups in total. The quantitative estimate of drug-likeness (QED) is 0.858. The van der Waals surface area contributed by atoms with E-state index in [0.717, 1.165) is 0 Å². The van der Waals surface area contributed by atoms with Gasteiger partial charge in [0.1, 0.15) is 5.75 Å². The Kier molecular flexibility index (Phi) is 4.25. The van der Waals surface area contributed by atoms with Gasteiger partial charge in [-0.2, -0.15) is 0 Å². The van der Waals surface area contributed by atoms with Crippen molar-refractivity contribution >= 4 is 25.8 Å². The third-order valence-electron chi connectivity index (χ3n) is 2.11. The highest BCUT2D eigenvalue weighted by molar-refractivity contribution is 9.10. The summed E-state index contributed by atoms with van der Waals surface area (Å²) in [5.41, 5.74) is -0.259. The van der Waals surface area contributed by atoms with Crippen molar-refractivity contribution in [3.63, 3.8) is 0 Å². The summed E-state index contributed by atoms with van der Waals surface area (Å²) in [6.07, 6.45) is 0. The average Bonchev–Trinajstić information content (AvgIpc) is 2.13. The molecule has 0 fully saturated rings. The van der Waals surface area contributed by atoms with Crippen LogP contribution in [0.3, 0.4) is 0 Å². The van der Waals surface area contributed by atoms with E-state index in [-0.39, 0.29) is 11.2 Å². The van der Waals surface area contributed by atoms with Gasteiger partial charge in [-0.1, -0.05) is 20.8 Å². The van der Waals surface area contributed by atoms with Crippen LogP contribution in [0, 0.1) is 5.41 Å². The SMILES string of the molecule is COc1ccc(S(=O)(=O)CC(C)(C)C)cc1Br. The summed E-state index contributed by atoms with van der Waals surface area (Å²) in [6.45, 7) is 5.72. The van der Waals surface area contributed by atoms with E-state index in [4.69, 9.17) is 4.74 Å². The Bertz CT molecular complexity index is 501. The molecule has 3 nitrogen and oxygen atoms in total. The Labute approximate surface area is 111 Å². The first-order chi connectivity index (χ1) is 7.65. The fraction of sp³-hybridized carbons (Fsp3) is 0.500. The number of halogens is 1. The highest BCUT2D eigenvalue weighted by Crippen LogP contribution is 2.29. The fourth-order valence-corrected chi connectivity index (χ4v) is 4.07. The van der Waals surface area contributed by atoms with Crippen molar-refractivity contribution in [3.05, 3.63) is 22.7 Å². The van der Waals surface area contributed by atoms with Gasteiger partial charge in [0.25, 0.3) is 0 Å². The fourth-order valence-electron chi connectivity index (χ4n) is 1.49. The minimum Gasteiger partial charge on any atom is -0.496 e. The van der Waals surface area contributed by atoms with Crippen molar-refractivity contribution in [1.82, 2.24) is 0 Å². The molecule has 0 aliphatic heterocycles. The highest BCUT2D eigenvalue weighted by atomic mass is 79.9. The Hall–Kier alpha value is -0.550. The van der Waals surface area contributed by atoms with E-state index in [1.807, 2.05) is 20.8 Å². The summed E-state index contributed by atoms with van der Waals surface area (Å²) in [5.74, 6) is 0.749. The van der Waals surface area contributed by atoms with Gasteiger partial charge in [-0.3, -0.25) is 0 Å². The third kappa shape index (κ3) is 4.00. The largest absolute Gasteiger partial charge is 0.496 e. The molecule has 0 radical (unpaired) electrons. The molecule has 0 aliphatic carbocycles. The Morgan fingerprint density at radius 2 is 1.88 bits per heavy atom. The van der Waals surface area contributed by atoms with Gasteiger partial charge in [0.2, 0.25) is 0 Å². The summed E-state index contributed by atoms with van der Waals surface area (Å²) >= 11 is 3.29. The van der Waals surface area contributed by atoms with Crippen LogP contribution in [0.2, 0.25) is 0 Å². The van der Waals surface area contributed by atoms with Gasteiger partial charge >= 0.3 is 0 Å². The Morgan fingerprint density at radius 3 is 2.29 bits per heavy atom. The first kappa shape index (κ1) is 14.5. The molecule has 0 unspecified atom stereocenters. The number of hydrogen-bond donors (Lipinski definition) is 0. The lowest BCUT2D eigenvalue weighted by atomic mass is 10.0. The zero-order valence-electron chi connectivity index (χ0n) is 10.5. The number of ether oxygens (including phenoxy) is 1. The van der Waals surface area contributed by atoms with E-state index in [9.17, 15) is 8.42 Å². The molecule has 0 spiro atoms. The second-order valence-electron chi connectivity index (χ2n) is 5.12. The molecule has 96 valence electrons. The third-order valence-corrected chi connectivity index (χ3v) is 4.94. The van der Waals surface area contributed by atoms with Crippen molar-refractivity contribution in [2.75, 3.05) is 12.9 Å². The molecule has 0 heterocycles. The summed E-state index contributed by atoms with van der Waals surface area (Å²) in [7, 11) is -1.71. The van der Waals surface area contributed by atoms with E-state index in [1.165, 1.54) is 0 Å². The standard InChI is InChI=1S/C12H17BrO3S/c1-12(2,3)8-17(14,15)9-5-6-11(16-4)10(13)7-9/h5-7H,8H2,1-4H3. The number of rotatable bonds is 3. The minimum absolute atomic E-state index is 0.124. The van der Waals surface area contributed by atoms with E-state index in [0.29, 0.717) is 15.1 Å². The second kappa shape index (κ2) is 4.98. The molecule has 0 atom stereocenters.